The average molecular weight is 392 g/mol. The van der Waals surface area contributed by atoms with Gasteiger partial charge in [0.2, 0.25) is 12.7 Å². The standard InChI is InChI=1S/C17H14BrNO3S/c1-10-3-2-4-11(5-10)19-16(20)8-23-17(19)12-6-14-15(7-13(12)18)22-9-21-14/h2-7,17H,8-9H2,1H3/t17-/m0/s1. The molecule has 6 heteroatoms. The van der Waals surface area contributed by atoms with Crippen molar-refractivity contribution < 1.29 is 14.3 Å². The summed E-state index contributed by atoms with van der Waals surface area (Å²) in [5.74, 6) is 2.05. The number of thioether (sulfide) groups is 1. The zero-order chi connectivity index (χ0) is 16.0. The minimum atomic E-state index is -0.0758. The molecule has 0 bridgehead atoms. The fraction of sp³-hybridized carbons (Fsp3) is 0.235. The molecule has 0 spiro atoms. The largest absolute Gasteiger partial charge is 0.454 e. The number of halogens is 1. The van der Waals surface area contributed by atoms with Gasteiger partial charge in [-0.25, -0.2) is 0 Å². The predicted octanol–water partition coefficient (Wildman–Crippen LogP) is 4.26. The van der Waals surface area contributed by atoms with E-state index < -0.39 is 0 Å². The molecule has 0 aromatic heterocycles. The van der Waals surface area contributed by atoms with Crippen molar-refractivity contribution in [3.63, 3.8) is 0 Å². The first-order chi connectivity index (χ1) is 11.1. The molecule has 0 N–H and O–H groups in total. The smallest absolute Gasteiger partial charge is 0.238 e. The molecule has 1 saturated heterocycles. The topological polar surface area (TPSA) is 38.8 Å². The molecule has 2 aromatic carbocycles. The van der Waals surface area contributed by atoms with Gasteiger partial charge in [0.05, 0.1) is 5.75 Å². The quantitative estimate of drug-likeness (QED) is 0.766. The highest BCUT2D eigenvalue weighted by Gasteiger charge is 2.36. The number of fused-ring (bicyclic) bond motifs is 1. The molecule has 2 aromatic rings. The second-order valence-electron chi connectivity index (χ2n) is 5.49. The molecule has 0 aliphatic carbocycles. The molecule has 4 rings (SSSR count). The number of carbonyl (C=O) groups excluding carboxylic acids is 1. The molecule has 1 amide bonds. The first-order valence-electron chi connectivity index (χ1n) is 7.23. The van der Waals surface area contributed by atoms with Gasteiger partial charge in [0.25, 0.3) is 0 Å². The third-order valence-corrected chi connectivity index (χ3v) is 5.79. The normalized spacial score (nSPS) is 19.5. The van der Waals surface area contributed by atoms with Crippen LogP contribution >= 0.6 is 27.7 Å². The van der Waals surface area contributed by atoms with Gasteiger partial charge in [-0.05, 0) is 36.8 Å². The van der Waals surface area contributed by atoms with Gasteiger partial charge in [0.1, 0.15) is 5.37 Å². The number of hydrogen-bond donors (Lipinski definition) is 0. The summed E-state index contributed by atoms with van der Waals surface area (Å²) in [6.07, 6.45) is 0. The molecule has 0 saturated carbocycles. The summed E-state index contributed by atoms with van der Waals surface area (Å²) in [5.41, 5.74) is 3.08. The van der Waals surface area contributed by atoms with Crippen LogP contribution in [-0.2, 0) is 4.79 Å². The van der Waals surface area contributed by atoms with E-state index in [0.717, 1.165) is 32.8 Å². The second-order valence-corrected chi connectivity index (χ2v) is 7.42. The number of amides is 1. The highest BCUT2D eigenvalue weighted by atomic mass is 79.9. The van der Waals surface area contributed by atoms with Gasteiger partial charge in [0, 0.05) is 15.7 Å². The van der Waals surface area contributed by atoms with E-state index in [2.05, 4.69) is 15.9 Å². The van der Waals surface area contributed by atoms with E-state index >= 15 is 0 Å². The van der Waals surface area contributed by atoms with E-state index in [1.54, 1.807) is 11.8 Å². The molecule has 4 nitrogen and oxygen atoms in total. The van der Waals surface area contributed by atoms with Crippen molar-refractivity contribution in [3.8, 4) is 11.5 Å². The maximum atomic E-state index is 12.4. The van der Waals surface area contributed by atoms with Crippen LogP contribution < -0.4 is 14.4 Å². The molecular formula is C17H14BrNO3S. The Labute approximate surface area is 146 Å². The summed E-state index contributed by atoms with van der Waals surface area (Å²) in [7, 11) is 0. The van der Waals surface area contributed by atoms with Gasteiger partial charge >= 0.3 is 0 Å². The number of carbonyl (C=O) groups is 1. The molecule has 1 fully saturated rings. The Balaban J connectivity index is 1.77. The number of benzene rings is 2. The van der Waals surface area contributed by atoms with Crippen LogP contribution in [0.2, 0.25) is 0 Å². The van der Waals surface area contributed by atoms with E-state index in [1.165, 1.54) is 0 Å². The summed E-state index contributed by atoms with van der Waals surface area (Å²) < 4.78 is 11.8. The summed E-state index contributed by atoms with van der Waals surface area (Å²) in [6, 6.07) is 11.9. The van der Waals surface area contributed by atoms with Crippen LogP contribution in [0.1, 0.15) is 16.5 Å². The average Bonchev–Trinajstić information content (AvgIpc) is 3.12. The van der Waals surface area contributed by atoms with Gasteiger partial charge in [-0.3, -0.25) is 9.69 Å². The first-order valence-corrected chi connectivity index (χ1v) is 9.07. The highest BCUT2D eigenvalue weighted by Crippen LogP contribution is 2.47. The van der Waals surface area contributed by atoms with Crippen LogP contribution in [0.25, 0.3) is 0 Å². The Hall–Kier alpha value is -1.66. The van der Waals surface area contributed by atoms with Gasteiger partial charge in [-0.15, -0.1) is 11.8 Å². The zero-order valence-corrected chi connectivity index (χ0v) is 14.8. The first kappa shape index (κ1) is 14.9. The molecule has 0 radical (unpaired) electrons. The molecule has 118 valence electrons. The van der Waals surface area contributed by atoms with Crippen LogP contribution in [0.4, 0.5) is 5.69 Å². The van der Waals surface area contributed by atoms with Crippen molar-refractivity contribution in [2.45, 2.75) is 12.3 Å². The van der Waals surface area contributed by atoms with E-state index in [4.69, 9.17) is 9.47 Å². The van der Waals surface area contributed by atoms with Crippen molar-refractivity contribution in [2.24, 2.45) is 0 Å². The molecule has 23 heavy (non-hydrogen) atoms. The predicted molar refractivity (Wildman–Crippen MR) is 94.1 cm³/mol. The summed E-state index contributed by atoms with van der Waals surface area (Å²) in [6.45, 7) is 2.27. The lowest BCUT2D eigenvalue weighted by Gasteiger charge is -2.25. The number of nitrogens with zero attached hydrogens (tertiary/aromatic N) is 1. The Morgan fingerprint density at radius 2 is 2.00 bits per heavy atom. The van der Waals surface area contributed by atoms with Gasteiger partial charge in [0.15, 0.2) is 11.5 Å². The van der Waals surface area contributed by atoms with Crippen LogP contribution in [-0.4, -0.2) is 18.5 Å². The summed E-state index contributed by atoms with van der Waals surface area (Å²) in [5, 5.41) is -0.0758. The van der Waals surface area contributed by atoms with Crippen LogP contribution in [0.5, 0.6) is 11.5 Å². The lowest BCUT2D eigenvalue weighted by molar-refractivity contribution is -0.115. The number of aryl methyl sites for hydroxylation is 1. The molecular weight excluding hydrogens is 378 g/mol. The van der Waals surface area contributed by atoms with Gasteiger partial charge in [-0.2, -0.15) is 0 Å². The third kappa shape index (κ3) is 2.60. The van der Waals surface area contributed by atoms with E-state index in [0.29, 0.717) is 5.75 Å². The Kier molecular flexibility index (Phi) is 3.73. The summed E-state index contributed by atoms with van der Waals surface area (Å²) >= 11 is 5.23. The number of ether oxygens (including phenoxy) is 2. The molecule has 2 heterocycles. The molecule has 1 atom stereocenters. The van der Waals surface area contributed by atoms with Crippen molar-refractivity contribution in [3.05, 3.63) is 52.0 Å². The Morgan fingerprint density at radius 1 is 1.22 bits per heavy atom. The molecule has 2 aliphatic heterocycles. The maximum absolute atomic E-state index is 12.4. The van der Waals surface area contributed by atoms with Crippen molar-refractivity contribution >= 4 is 39.3 Å². The lowest BCUT2D eigenvalue weighted by atomic mass is 10.1. The maximum Gasteiger partial charge on any atom is 0.238 e. The summed E-state index contributed by atoms with van der Waals surface area (Å²) in [4.78, 5) is 14.3. The SMILES string of the molecule is Cc1cccc(N2C(=O)CS[C@H]2c2cc3c(cc2Br)OCO3)c1. The second kappa shape index (κ2) is 5.76. The third-order valence-electron chi connectivity index (χ3n) is 3.91. The lowest BCUT2D eigenvalue weighted by Crippen LogP contribution is -2.28. The number of hydrogen-bond acceptors (Lipinski definition) is 4. The van der Waals surface area contributed by atoms with Crippen molar-refractivity contribution in [1.29, 1.82) is 0 Å². The van der Waals surface area contributed by atoms with Crippen LogP contribution in [0.15, 0.2) is 40.9 Å². The van der Waals surface area contributed by atoms with Crippen molar-refractivity contribution in [2.75, 3.05) is 17.4 Å². The van der Waals surface area contributed by atoms with Crippen LogP contribution in [0.3, 0.4) is 0 Å². The Morgan fingerprint density at radius 3 is 2.78 bits per heavy atom. The van der Waals surface area contributed by atoms with Gasteiger partial charge < -0.3 is 9.47 Å². The molecule has 2 aliphatic rings. The monoisotopic (exact) mass is 391 g/mol. The fourth-order valence-electron chi connectivity index (χ4n) is 2.83. The van der Waals surface area contributed by atoms with Crippen LogP contribution in [0, 0.1) is 6.92 Å². The van der Waals surface area contributed by atoms with E-state index in [9.17, 15) is 4.79 Å². The highest BCUT2D eigenvalue weighted by molar-refractivity contribution is 9.10. The molecule has 0 unspecified atom stereocenters. The minimum Gasteiger partial charge on any atom is -0.454 e. The zero-order valence-electron chi connectivity index (χ0n) is 12.4. The van der Waals surface area contributed by atoms with Crippen molar-refractivity contribution in [1.82, 2.24) is 0 Å². The Bertz CT molecular complexity index is 795. The minimum absolute atomic E-state index is 0.0758. The van der Waals surface area contributed by atoms with E-state index in [-0.39, 0.29) is 18.1 Å². The van der Waals surface area contributed by atoms with E-state index in [1.807, 2.05) is 48.2 Å². The number of anilines is 1. The number of rotatable bonds is 2. The fourth-order valence-corrected chi connectivity index (χ4v) is 4.73. The van der Waals surface area contributed by atoms with Gasteiger partial charge in [-0.1, -0.05) is 28.1 Å².